The van der Waals surface area contributed by atoms with Gasteiger partial charge in [-0.2, -0.15) is 36.5 Å². The van der Waals surface area contributed by atoms with Gasteiger partial charge in [0, 0.05) is 42.5 Å². The molecule has 34 heavy (non-hydrogen) atoms. The molecule has 1 fully saturated rings. The molecule has 0 spiro atoms. The zero-order valence-corrected chi connectivity index (χ0v) is 22.1. The van der Waals surface area contributed by atoms with Crippen molar-refractivity contribution in [1.82, 2.24) is 20.0 Å². The molecule has 1 aliphatic heterocycles. The maximum absolute atomic E-state index is 12.5. The van der Waals surface area contributed by atoms with Crippen LogP contribution in [-0.4, -0.2) is 55.1 Å². The lowest BCUT2D eigenvalue weighted by molar-refractivity contribution is -0.131. The van der Waals surface area contributed by atoms with E-state index in [1.165, 1.54) is 0 Å². The van der Waals surface area contributed by atoms with E-state index in [2.05, 4.69) is 15.3 Å². The van der Waals surface area contributed by atoms with Crippen molar-refractivity contribution >= 4 is 26.8 Å². The Kier molecular flexibility index (Phi) is 9.62. The highest BCUT2D eigenvalue weighted by molar-refractivity contribution is 6.89. The third-order valence-electron chi connectivity index (χ3n) is 6.09. The molecule has 1 aliphatic rings. The number of nitrogens with one attached hydrogen (secondary N) is 1. The van der Waals surface area contributed by atoms with Gasteiger partial charge >= 0.3 is 12.4 Å². The number of H-pyrrole nitrogens is 1. The monoisotopic (exact) mass is 528 g/mol. The Morgan fingerprint density at radius 2 is 1.56 bits per heavy atom. The number of aromatic nitrogens is 4. The van der Waals surface area contributed by atoms with Gasteiger partial charge in [-0.25, -0.2) is 4.68 Å². The van der Waals surface area contributed by atoms with Crippen molar-refractivity contribution in [3.05, 3.63) is 24.5 Å². The smallest absolute Gasteiger partial charge is 0.357 e. The molecule has 5 nitrogen and oxygen atoms in total. The first-order valence-electron chi connectivity index (χ1n) is 11.4. The molecule has 13 heteroatoms. The van der Waals surface area contributed by atoms with E-state index in [0.717, 1.165) is 29.9 Å². The zero-order valence-electron chi connectivity index (χ0n) is 20.1. The lowest BCUT2D eigenvalue weighted by Crippen LogP contribution is -2.48. The van der Waals surface area contributed by atoms with Crippen molar-refractivity contribution in [1.29, 1.82) is 0 Å². The number of hydrogen-bond acceptors (Lipinski definition) is 3. The van der Waals surface area contributed by atoms with E-state index in [1.807, 2.05) is 36.9 Å². The van der Waals surface area contributed by atoms with Crippen LogP contribution < -0.4 is 10.6 Å². The highest BCUT2D eigenvalue weighted by atomic mass is 28.3. The fourth-order valence-electron chi connectivity index (χ4n) is 3.80. The van der Waals surface area contributed by atoms with Crippen molar-refractivity contribution in [3.63, 3.8) is 0 Å². The summed E-state index contributed by atoms with van der Waals surface area (Å²) in [5.74, 6) is 0. The SMILES string of the molecule is C[Si](C)(CCC(F)(F)F)c1ccn[nH]1.C[Si](C)(CCC(F)(F)F)c1ccnn1C1CCCCO1. The summed E-state index contributed by atoms with van der Waals surface area (Å²) in [6.45, 7) is 8.46. The second kappa shape index (κ2) is 11.4. The first kappa shape index (κ1) is 28.6. The summed E-state index contributed by atoms with van der Waals surface area (Å²) in [5, 5.41) is 12.6. The number of halogens is 6. The van der Waals surface area contributed by atoms with Gasteiger partial charge in [-0.15, -0.1) is 0 Å². The summed E-state index contributed by atoms with van der Waals surface area (Å²) >= 11 is 0. The highest BCUT2D eigenvalue weighted by Gasteiger charge is 2.36. The van der Waals surface area contributed by atoms with E-state index in [9.17, 15) is 26.3 Å². The van der Waals surface area contributed by atoms with Crippen molar-refractivity contribution in [2.24, 2.45) is 0 Å². The van der Waals surface area contributed by atoms with E-state index in [1.54, 1.807) is 18.5 Å². The highest BCUT2D eigenvalue weighted by Crippen LogP contribution is 2.28. The molecule has 1 N–H and O–H groups in total. The average Bonchev–Trinajstić information content (AvgIpc) is 3.44. The van der Waals surface area contributed by atoms with Crippen LogP contribution in [0.4, 0.5) is 26.3 Å². The summed E-state index contributed by atoms with van der Waals surface area (Å²) in [6, 6.07) is 4.02. The molecular formula is C21H34F6N4OSi2. The van der Waals surface area contributed by atoms with Crippen LogP contribution in [0.2, 0.25) is 38.3 Å². The molecule has 1 unspecified atom stereocenters. The maximum Gasteiger partial charge on any atom is 0.388 e. The lowest BCUT2D eigenvalue weighted by atomic mass is 10.2. The summed E-state index contributed by atoms with van der Waals surface area (Å²) in [4.78, 5) is 0. The molecule has 2 aromatic heterocycles. The second-order valence-corrected chi connectivity index (χ2v) is 19.5. The van der Waals surface area contributed by atoms with E-state index >= 15 is 0 Å². The normalized spacial score (nSPS) is 17.9. The van der Waals surface area contributed by atoms with Crippen LogP contribution in [0.1, 0.15) is 38.3 Å². The predicted molar refractivity (Wildman–Crippen MR) is 125 cm³/mol. The summed E-state index contributed by atoms with van der Waals surface area (Å²) in [6.07, 6.45) is -3.40. The van der Waals surface area contributed by atoms with Crippen LogP contribution in [0.3, 0.4) is 0 Å². The maximum atomic E-state index is 12.5. The second-order valence-electron chi connectivity index (χ2n) is 9.95. The Balaban J connectivity index is 0.000000257. The molecule has 1 atom stereocenters. The average molecular weight is 529 g/mol. The molecular weight excluding hydrogens is 494 g/mol. The number of rotatable bonds is 7. The zero-order chi connectivity index (χ0) is 25.6. The fraction of sp³-hybridized carbons (Fsp3) is 0.714. The number of nitrogens with zero attached hydrogens (tertiary/aromatic N) is 3. The van der Waals surface area contributed by atoms with Gasteiger partial charge in [0.1, 0.15) is 22.4 Å². The van der Waals surface area contributed by atoms with Gasteiger partial charge in [0.05, 0.1) is 0 Å². The molecule has 0 bridgehead atoms. The molecule has 0 saturated carbocycles. The van der Waals surface area contributed by atoms with Crippen LogP contribution in [0.25, 0.3) is 0 Å². The van der Waals surface area contributed by atoms with E-state index in [4.69, 9.17) is 4.74 Å². The van der Waals surface area contributed by atoms with Crippen molar-refractivity contribution < 1.29 is 31.1 Å². The van der Waals surface area contributed by atoms with Gasteiger partial charge in [0.25, 0.3) is 0 Å². The third-order valence-corrected chi connectivity index (χ3v) is 12.6. The van der Waals surface area contributed by atoms with E-state index in [-0.39, 0.29) is 18.3 Å². The van der Waals surface area contributed by atoms with Crippen LogP contribution in [0.15, 0.2) is 24.5 Å². The van der Waals surface area contributed by atoms with Crippen molar-refractivity contribution in [2.45, 2.75) is 89.0 Å². The minimum atomic E-state index is -4.09. The largest absolute Gasteiger partial charge is 0.388 e. The molecule has 0 amide bonds. The molecule has 0 aromatic carbocycles. The topological polar surface area (TPSA) is 55.7 Å². The third kappa shape index (κ3) is 9.21. The van der Waals surface area contributed by atoms with E-state index in [0.29, 0.717) is 6.61 Å². The van der Waals surface area contributed by atoms with Crippen molar-refractivity contribution in [3.8, 4) is 0 Å². The van der Waals surface area contributed by atoms with Crippen molar-refractivity contribution in [2.75, 3.05) is 6.61 Å². The summed E-state index contributed by atoms with van der Waals surface area (Å²) in [7, 11) is -4.14. The molecule has 0 radical (unpaired) electrons. The Morgan fingerprint density at radius 3 is 2.06 bits per heavy atom. The predicted octanol–water partition coefficient (Wildman–Crippen LogP) is 5.73. The van der Waals surface area contributed by atoms with Crippen LogP contribution >= 0.6 is 0 Å². The van der Waals surface area contributed by atoms with Gasteiger partial charge in [0.2, 0.25) is 0 Å². The van der Waals surface area contributed by atoms with Gasteiger partial charge < -0.3 is 4.74 Å². The van der Waals surface area contributed by atoms with Crippen LogP contribution in [0.5, 0.6) is 0 Å². The van der Waals surface area contributed by atoms with Gasteiger partial charge in [0.15, 0.2) is 0 Å². The number of hydrogen-bond donors (Lipinski definition) is 1. The van der Waals surface area contributed by atoms with Gasteiger partial charge in [-0.1, -0.05) is 26.2 Å². The summed E-state index contributed by atoms with van der Waals surface area (Å²) in [5.41, 5.74) is 0. The lowest BCUT2D eigenvalue weighted by Gasteiger charge is -2.30. The minimum absolute atomic E-state index is 0.105. The van der Waals surface area contributed by atoms with Crippen LogP contribution in [0, 0.1) is 0 Å². The Morgan fingerprint density at radius 1 is 0.941 bits per heavy atom. The van der Waals surface area contributed by atoms with Crippen LogP contribution in [-0.2, 0) is 4.74 Å². The molecule has 1 saturated heterocycles. The van der Waals surface area contributed by atoms with Gasteiger partial charge in [-0.3, -0.25) is 5.10 Å². The quantitative estimate of drug-likeness (QED) is 0.369. The Labute approximate surface area is 198 Å². The molecule has 3 heterocycles. The molecule has 0 aliphatic carbocycles. The number of alkyl halides is 6. The Hall–Kier alpha value is -1.61. The first-order chi connectivity index (χ1) is 15.6. The minimum Gasteiger partial charge on any atom is -0.357 e. The first-order valence-corrected chi connectivity index (χ1v) is 17.8. The molecule has 2 aromatic rings. The fourth-order valence-corrected chi connectivity index (χ4v) is 8.38. The van der Waals surface area contributed by atoms with Gasteiger partial charge in [-0.05, 0) is 43.5 Å². The van der Waals surface area contributed by atoms with E-state index < -0.39 is 41.3 Å². The number of aromatic amines is 1. The standard InChI is InChI=1S/C13H21F3N2OSi.C8H13F3N2Si/c1-20(2,10-7-13(14,15)16)12-6-8-17-18(12)11-5-3-4-9-19-11;1-14(2,6-4-8(9,10)11)7-3-5-12-13-7/h6,8,11H,3-5,7,9-10H2,1-2H3;3,5H,4,6H2,1-2H3,(H,12,13). The Bertz CT molecular complexity index is 859. The summed E-state index contributed by atoms with van der Waals surface area (Å²) < 4.78 is 81.0. The molecule has 3 rings (SSSR count). The molecule has 194 valence electrons. The number of ether oxygens (including phenoxy) is 1.